The first-order valence-electron chi connectivity index (χ1n) is 5.57. The minimum Gasteiger partial charge on any atom is -0.354 e. The molecular formula is C11H18N4O. The first-order valence-corrected chi connectivity index (χ1v) is 5.57. The van der Waals surface area contributed by atoms with Crippen LogP contribution in [-0.2, 0) is 0 Å². The van der Waals surface area contributed by atoms with E-state index in [1.54, 1.807) is 0 Å². The first-order chi connectivity index (χ1) is 7.81. The second-order valence-corrected chi connectivity index (χ2v) is 4.07. The van der Waals surface area contributed by atoms with Crippen molar-refractivity contribution in [2.45, 2.75) is 6.92 Å². The number of hydrogen-bond donors (Lipinski definition) is 2. The Morgan fingerprint density at radius 1 is 1.38 bits per heavy atom. The van der Waals surface area contributed by atoms with Crippen LogP contribution in [0.2, 0.25) is 0 Å². The predicted molar refractivity (Wildman–Crippen MR) is 62.5 cm³/mol. The fourth-order valence-electron chi connectivity index (χ4n) is 2.03. The molecule has 0 aliphatic carbocycles. The monoisotopic (exact) mass is 222 g/mol. The van der Waals surface area contributed by atoms with Crippen LogP contribution in [0.25, 0.3) is 0 Å². The Hall–Kier alpha value is -1.17. The molecule has 2 rings (SSSR count). The van der Waals surface area contributed by atoms with Gasteiger partial charge in [-0.25, -0.2) is 4.98 Å². The summed E-state index contributed by atoms with van der Waals surface area (Å²) >= 11 is 0. The molecule has 0 spiro atoms. The summed E-state index contributed by atoms with van der Waals surface area (Å²) < 4.78 is 0. The van der Waals surface area contributed by atoms with Crippen LogP contribution in [0.4, 0.5) is 5.82 Å². The van der Waals surface area contributed by atoms with Gasteiger partial charge in [-0.3, -0.25) is 4.90 Å². The average molecular weight is 222 g/mol. The third-order valence-electron chi connectivity index (χ3n) is 2.95. The van der Waals surface area contributed by atoms with Gasteiger partial charge in [0.15, 0.2) is 0 Å². The van der Waals surface area contributed by atoms with Crippen LogP contribution in [0, 0.1) is 6.92 Å². The molecular weight excluding hydrogens is 204 g/mol. The SMILES string of the molecule is Cc1cccnc1N1CCN(CNO)CC1. The van der Waals surface area contributed by atoms with E-state index < -0.39 is 0 Å². The van der Waals surface area contributed by atoms with Crippen molar-refractivity contribution < 1.29 is 5.21 Å². The van der Waals surface area contributed by atoms with Crippen LogP contribution >= 0.6 is 0 Å². The van der Waals surface area contributed by atoms with Gasteiger partial charge in [0.2, 0.25) is 0 Å². The molecule has 1 aromatic heterocycles. The average Bonchev–Trinajstić information content (AvgIpc) is 2.31. The minimum absolute atomic E-state index is 0.537. The number of rotatable bonds is 3. The molecule has 1 aliphatic heterocycles. The largest absolute Gasteiger partial charge is 0.354 e. The highest BCUT2D eigenvalue weighted by Gasteiger charge is 2.18. The maximum Gasteiger partial charge on any atom is 0.131 e. The molecule has 0 saturated carbocycles. The molecule has 88 valence electrons. The van der Waals surface area contributed by atoms with Crippen molar-refractivity contribution in [2.75, 3.05) is 37.7 Å². The lowest BCUT2D eigenvalue weighted by Crippen LogP contribution is -2.49. The number of aryl methyl sites for hydroxylation is 1. The maximum atomic E-state index is 8.63. The number of aromatic nitrogens is 1. The van der Waals surface area contributed by atoms with Crippen LogP contribution in [0.5, 0.6) is 0 Å². The molecule has 0 radical (unpaired) electrons. The fourth-order valence-corrected chi connectivity index (χ4v) is 2.03. The van der Waals surface area contributed by atoms with Crippen molar-refractivity contribution in [3.05, 3.63) is 23.9 Å². The van der Waals surface area contributed by atoms with Gasteiger partial charge < -0.3 is 10.1 Å². The van der Waals surface area contributed by atoms with E-state index in [0.717, 1.165) is 32.0 Å². The van der Waals surface area contributed by atoms with Gasteiger partial charge in [-0.15, -0.1) is 0 Å². The van der Waals surface area contributed by atoms with Crippen LogP contribution in [-0.4, -0.2) is 47.9 Å². The number of hydroxylamine groups is 1. The lowest BCUT2D eigenvalue weighted by atomic mass is 10.2. The summed E-state index contributed by atoms with van der Waals surface area (Å²) in [5, 5.41) is 8.63. The number of piperazine rings is 1. The Labute approximate surface area is 95.7 Å². The molecule has 5 nitrogen and oxygen atoms in total. The van der Waals surface area contributed by atoms with Crippen molar-refractivity contribution in [3.8, 4) is 0 Å². The Morgan fingerprint density at radius 2 is 2.12 bits per heavy atom. The summed E-state index contributed by atoms with van der Waals surface area (Å²) in [5.74, 6) is 1.08. The molecule has 5 heteroatoms. The molecule has 1 fully saturated rings. The predicted octanol–water partition coefficient (Wildman–Crippen LogP) is 0.448. The number of anilines is 1. The van der Waals surface area contributed by atoms with Crippen molar-refractivity contribution in [1.82, 2.24) is 15.4 Å². The van der Waals surface area contributed by atoms with Crippen molar-refractivity contribution in [3.63, 3.8) is 0 Å². The van der Waals surface area contributed by atoms with Gasteiger partial charge in [0.25, 0.3) is 0 Å². The van der Waals surface area contributed by atoms with Gasteiger partial charge in [-0.2, -0.15) is 5.48 Å². The highest BCUT2D eigenvalue weighted by Crippen LogP contribution is 2.17. The van der Waals surface area contributed by atoms with Crippen molar-refractivity contribution >= 4 is 5.82 Å². The summed E-state index contributed by atoms with van der Waals surface area (Å²) in [7, 11) is 0. The summed E-state index contributed by atoms with van der Waals surface area (Å²) in [6, 6.07) is 4.05. The minimum atomic E-state index is 0.537. The first kappa shape index (κ1) is 11.3. The zero-order valence-corrected chi connectivity index (χ0v) is 9.56. The smallest absolute Gasteiger partial charge is 0.131 e. The van der Waals surface area contributed by atoms with Crippen molar-refractivity contribution in [2.24, 2.45) is 0 Å². The van der Waals surface area contributed by atoms with E-state index in [-0.39, 0.29) is 0 Å². The van der Waals surface area contributed by atoms with E-state index in [4.69, 9.17) is 5.21 Å². The standard InChI is InChI=1S/C11H18N4O/c1-10-3-2-4-12-11(10)15-7-5-14(6-8-15)9-13-16/h2-4,13,16H,5-9H2,1H3. The maximum absolute atomic E-state index is 8.63. The molecule has 0 amide bonds. The third kappa shape index (κ3) is 2.49. The van der Waals surface area contributed by atoms with Gasteiger partial charge in [0.05, 0.1) is 6.67 Å². The highest BCUT2D eigenvalue weighted by atomic mass is 16.5. The topological polar surface area (TPSA) is 51.6 Å². The third-order valence-corrected chi connectivity index (χ3v) is 2.95. The zero-order chi connectivity index (χ0) is 11.4. The normalized spacial score (nSPS) is 17.8. The number of nitrogens with zero attached hydrogens (tertiary/aromatic N) is 3. The Morgan fingerprint density at radius 3 is 2.75 bits per heavy atom. The molecule has 0 unspecified atom stereocenters. The summed E-state index contributed by atoms with van der Waals surface area (Å²) in [6.07, 6.45) is 1.84. The lowest BCUT2D eigenvalue weighted by molar-refractivity contribution is 0.0943. The summed E-state index contributed by atoms with van der Waals surface area (Å²) in [6.45, 7) is 6.44. The van der Waals surface area contributed by atoms with E-state index in [1.807, 2.05) is 12.3 Å². The van der Waals surface area contributed by atoms with Crippen LogP contribution in [0.3, 0.4) is 0 Å². The lowest BCUT2D eigenvalue weighted by Gasteiger charge is -2.35. The van der Waals surface area contributed by atoms with E-state index in [0.29, 0.717) is 6.67 Å². The molecule has 0 atom stereocenters. The second-order valence-electron chi connectivity index (χ2n) is 4.07. The van der Waals surface area contributed by atoms with Gasteiger partial charge in [-0.05, 0) is 18.6 Å². The van der Waals surface area contributed by atoms with E-state index in [9.17, 15) is 0 Å². The van der Waals surface area contributed by atoms with Gasteiger partial charge in [0.1, 0.15) is 5.82 Å². The molecule has 0 aromatic carbocycles. The Balaban J connectivity index is 1.96. The number of nitrogens with one attached hydrogen (secondary N) is 1. The van der Waals surface area contributed by atoms with Crippen LogP contribution in [0.1, 0.15) is 5.56 Å². The fraction of sp³-hybridized carbons (Fsp3) is 0.545. The molecule has 0 bridgehead atoms. The molecule has 1 aliphatic rings. The number of hydrogen-bond acceptors (Lipinski definition) is 5. The highest BCUT2D eigenvalue weighted by molar-refractivity contribution is 5.46. The summed E-state index contributed by atoms with van der Waals surface area (Å²) in [5.41, 5.74) is 3.41. The zero-order valence-electron chi connectivity index (χ0n) is 9.56. The van der Waals surface area contributed by atoms with Crippen LogP contribution in [0.15, 0.2) is 18.3 Å². The Kier molecular flexibility index (Phi) is 3.71. The Bertz CT molecular complexity index is 337. The van der Waals surface area contributed by atoms with Gasteiger partial charge in [0, 0.05) is 32.4 Å². The van der Waals surface area contributed by atoms with Crippen molar-refractivity contribution in [1.29, 1.82) is 0 Å². The van der Waals surface area contributed by atoms with Crippen LogP contribution < -0.4 is 10.4 Å². The molecule has 1 aromatic rings. The van der Waals surface area contributed by atoms with E-state index in [2.05, 4.69) is 33.3 Å². The second kappa shape index (κ2) is 5.25. The van der Waals surface area contributed by atoms with E-state index in [1.165, 1.54) is 5.56 Å². The summed E-state index contributed by atoms with van der Waals surface area (Å²) in [4.78, 5) is 8.89. The molecule has 1 saturated heterocycles. The van der Waals surface area contributed by atoms with Gasteiger partial charge >= 0.3 is 0 Å². The number of pyridine rings is 1. The van der Waals surface area contributed by atoms with Gasteiger partial charge in [-0.1, -0.05) is 6.07 Å². The quantitative estimate of drug-likeness (QED) is 0.727. The molecule has 2 heterocycles. The molecule has 16 heavy (non-hydrogen) atoms. The van der Waals surface area contributed by atoms with E-state index >= 15 is 0 Å². The molecule has 2 N–H and O–H groups in total.